The third-order valence-corrected chi connectivity index (χ3v) is 4.66. The molecule has 1 N–H and O–H groups in total. The Morgan fingerprint density at radius 2 is 1.65 bits per heavy atom. The van der Waals surface area contributed by atoms with Crippen LogP contribution < -0.4 is 9.46 Å². The highest BCUT2D eigenvalue weighted by Crippen LogP contribution is 2.23. The number of halogens is 3. The first-order valence-electron chi connectivity index (χ1n) is 7.21. The van der Waals surface area contributed by atoms with Crippen LogP contribution in [0.2, 0.25) is 0 Å². The summed E-state index contributed by atoms with van der Waals surface area (Å²) in [5.41, 5.74) is 0.0421. The number of nitrogens with zero attached hydrogens (tertiary/aromatic N) is 1. The third kappa shape index (κ3) is 4.45. The molecular weight excluding hydrogens is 373 g/mol. The smallest absolute Gasteiger partial charge is 0.264 e. The first kappa shape index (κ1) is 19.6. The van der Waals surface area contributed by atoms with Crippen LogP contribution in [0.4, 0.5) is 18.9 Å². The lowest BCUT2D eigenvalue weighted by molar-refractivity contribution is -0.130. The summed E-state index contributed by atoms with van der Waals surface area (Å²) >= 11 is 0. The predicted octanol–water partition coefficient (Wildman–Crippen LogP) is 2.37. The zero-order valence-electron chi connectivity index (χ0n) is 13.8. The van der Waals surface area contributed by atoms with Crippen molar-refractivity contribution in [3.05, 3.63) is 53.8 Å². The highest BCUT2D eigenvalue weighted by atomic mass is 32.2. The second-order valence-electron chi connectivity index (χ2n) is 5.38. The summed E-state index contributed by atoms with van der Waals surface area (Å²) in [6.45, 7) is -0.196. The number of anilines is 1. The fraction of sp³-hybridized carbons (Fsp3) is 0.188. The van der Waals surface area contributed by atoms with E-state index in [1.165, 1.54) is 29.2 Å². The molecule has 0 aliphatic heterocycles. The summed E-state index contributed by atoms with van der Waals surface area (Å²) in [4.78, 5) is 11.8. The van der Waals surface area contributed by atoms with Gasteiger partial charge < -0.3 is 9.64 Å². The maximum Gasteiger partial charge on any atom is 0.264 e. The van der Waals surface area contributed by atoms with Crippen molar-refractivity contribution in [1.29, 1.82) is 0 Å². The Kier molecular flexibility index (Phi) is 5.76. The van der Waals surface area contributed by atoms with Crippen molar-refractivity contribution in [2.75, 3.05) is 25.4 Å². The van der Waals surface area contributed by atoms with Crippen LogP contribution >= 0.6 is 0 Å². The van der Waals surface area contributed by atoms with Gasteiger partial charge in [0.1, 0.15) is 10.6 Å². The minimum absolute atomic E-state index is 0.0421. The van der Waals surface area contributed by atoms with E-state index in [9.17, 15) is 26.4 Å². The number of hydrogen-bond donors (Lipinski definition) is 1. The Morgan fingerprint density at radius 3 is 2.23 bits per heavy atom. The van der Waals surface area contributed by atoms with Crippen LogP contribution in [0.1, 0.15) is 0 Å². The molecule has 140 valence electrons. The molecule has 0 heterocycles. The van der Waals surface area contributed by atoms with E-state index in [2.05, 4.69) is 0 Å². The number of hydrogen-bond acceptors (Lipinski definition) is 4. The Hall–Kier alpha value is -2.75. The molecule has 26 heavy (non-hydrogen) atoms. The zero-order chi connectivity index (χ0) is 19.5. The minimum Gasteiger partial charge on any atom is -0.484 e. The van der Waals surface area contributed by atoms with Gasteiger partial charge in [-0.1, -0.05) is 0 Å². The second kappa shape index (κ2) is 7.65. The Bertz CT molecular complexity index is 916. The van der Waals surface area contributed by atoms with E-state index in [-0.39, 0.29) is 18.2 Å². The summed E-state index contributed by atoms with van der Waals surface area (Å²) in [6.07, 6.45) is 0. The number of amides is 1. The van der Waals surface area contributed by atoms with E-state index < -0.39 is 32.4 Å². The van der Waals surface area contributed by atoms with Crippen LogP contribution in [0, 0.1) is 17.5 Å². The van der Waals surface area contributed by atoms with Gasteiger partial charge in [-0.15, -0.1) is 0 Å². The molecule has 2 aromatic carbocycles. The molecule has 0 atom stereocenters. The lowest BCUT2D eigenvalue weighted by Gasteiger charge is -2.12. The van der Waals surface area contributed by atoms with Gasteiger partial charge in [-0.05, 0) is 36.4 Å². The molecule has 0 aliphatic carbocycles. The maximum absolute atomic E-state index is 13.7. The molecule has 0 aromatic heterocycles. The third-order valence-electron chi connectivity index (χ3n) is 3.26. The molecule has 0 aliphatic rings. The van der Waals surface area contributed by atoms with E-state index in [4.69, 9.17) is 4.74 Å². The Balaban J connectivity index is 2.13. The van der Waals surface area contributed by atoms with Gasteiger partial charge >= 0.3 is 0 Å². The molecule has 0 fully saturated rings. The molecule has 0 saturated carbocycles. The molecule has 0 spiro atoms. The van der Waals surface area contributed by atoms with E-state index in [0.717, 1.165) is 0 Å². The second-order valence-corrected chi connectivity index (χ2v) is 7.03. The Labute approximate surface area is 148 Å². The summed E-state index contributed by atoms with van der Waals surface area (Å²) in [6, 6.07) is 6.55. The monoisotopic (exact) mass is 388 g/mol. The van der Waals surface area contributed by atoms with Gasteiger partial charge in [0.05, 0.1) is 0 Å². The Morgan fingerprint density at radius 1 is 1.04 bits per heavy atom. The molecule has 2 aromatic rings. The van der Waals surface area contributed by atoms with E-state index in [1.54, 1.807) is 14.1 Å². The average Bonchev–Trinajstić information content (AvgIpc) is 2.58. The van der Waals surface area contributed by atoms with E-state index >= 15 is 0 Å². The van der Waals surface area contributed by atoms with Gasteiger partial charge in [-0.25, -0.2) is 21.6 Å². The molecule has 0 unspecified atom stereocenters. The van der Waals surface area contributed by atoms with Crippen molar-refractivity contribution < 1.29 is 31.1 Å². The van der Waals surface area contributed by atoms with Gasteiger partial charge in [0, 0.05) is 19.8 Å². The van der Waals surface area contributed by atoms with Gasteiger partial charge in [0.25, 0.3) is 15.9 Å². The number of likely N-dealkylation sites (N-methyl/N-ethyl adjacent to an activating group) is 1. The van der Waals surface area contributed by atoms with Crippen molar-refractivity contribution in [3.63, 3.8) is 0 Å². The first-order valence-corrected chi connectivity index (χ1v) is 8.69. The van der Waals surface area contributed by atoms with Gasteiger partial charge in [-0.2, -0.15) is 0 Å². The van der Waals surface area contributed by atoms with Crippen LogP contribution in [-0.2, 0) is 14.8 Å². The summed E-state index contributed by atoms with van der Waals surface area (Å²) in [5.74, 6) is -5.12. The molecule has 6 nitrogen and oxygen atoms in total. The highest BCUT2D eigenvalue weighted by Gasteiger charge is 2.24. The average molecular weight is 388 g/mol. The minimum atomic E-state index is -4.47. The van der Waals surface area contributed by atoms with Crippen LogP contribution in [0.5, 0.6) is 5.75 Å². The van der Waals surface area contributed by atoms with Crippen LogP contribution in [0.25, 0.3) is 0 Å². The summed E-state index contributed by atoms with van der Waals surface area (Å²) in [7, 11) is -1.33. The van der Waals surface area contributed by atoms with E-state index in [0.29, 0.717) is 17.9 Å². The van der Waals surface area contributed by atoms with Crippen molar-refractivity contribution in [2.45, 2.75) is 4.90 Å². The standard InChI is InChI=1S/C16H15F3N2O4S/c1-21(2)14(22)9-25-11-5-3-10(4-6-11)20-26(23,24)13-8-7-12(17)15(18)16(13)19/h3-8,20H,9H2,1-2H3. The van der Waals surface area contributed by atoms with Gasteiger partial charge in [0.2, 0.25) is 0 Å². The number of carbonyl (C=O) groups is 1. The van der Waals surface area contributed by atoms with Crippen molar-refractivity contribution in [3.8, 4) is 5.75 Å². The quantitative estimate of drug-likeness (QED) is 0.771. The number of nitrogens with one attached hydrogen (secondary N) is 1. The number of ether oxygens (including phenoxy) is 1. The van der Waals surface area contributed by atoms with E-state index in [1.807, 2.05) is 4.72 Å². The lowest BCUT2D eigenvalue weighted by Crippen LogP contribution is -2.27. The van der Waals surface area contributed by atoms with Crippen LogP contribution in [0.15, 0.2) is 41.3 Å². The zero-order valence-corrected chi connectivity index (χ0v) is 14.6. The lowest BCUT2D eigenvalue weighted by atomic mass is 10.3. The molecule has 0 radical (unpaired) electrons. The number of sulfonamides is 1. The summed E-state index contributed by atoms with van der Waals surface area (Å²) in [5, 5.41) is 0. The van der Waals surface area contributed by atoms with Crippen LogP contribution in [-0.4, -0.2) is 39.9 Å². The predicted molar refractivity (Wildman–Crippen MR) is 87.8 cm³/mol. The molecule has 10 heteroatoms. The highest BCUT2D eigenvalue weighted by molar-refractivity contribution is 7.92. The SMILES string of the molecule is CN(C)C(=O)COc1ccc(NS(=O)(=O)c2ccc(F)c(F)c2F)cc1. The molecule has 0 saturated heterocycles. The van der Waals surface area contributed by atoms with Crippen LogP contribution in [0.3, 0.4) is 0 Å². The number of benzene rings is 2. The normalized spacial score (nSPS) is 11.1. The van der Waals surface area contributed by atoms with Gasteiger partial charge in [-0.3, -0.25) is 9.52 Å². The maximum atomic E-state index is 13.7. The van der Waals surface area contributed by atoms with Crippen molar-refractivity contribution >= 4 is 21.6 Å². The van der Waals surface area contributed by atoms with Gasteiger partial charge in [0.15, 0.2) is 24.1 Å². The fourth-order valence-electron chi connectivity index (χ4n) is 1.82. The molecule has 0 bridgehead atoms. The number of carbonyl (C=O) groups excluding carboxylic acids is 1. The fourth-order valence-corrected chi connectivity index (χ4v) is 2.95. The van der Waals surface area contributed by atoms with Crippen molar-refractivity contribution in [2.24, 2.45) is 0 Å². The summed E-state index contributed by atoms with van der Waals surface area (Å²) < 4.78 is 71.4. The topological polar surface area (TPSA) is 75.7 Å². The van der Waals surface area contributed by atoms with Crippen molar-refractivity contribution in [1.82, 2.24) is 4.90 Å². The molecule has 1 amide bonds. The first-order chi connectivity index (χ1) is 12.1. The molecular formula is C16H15F3N2O4S. The largest absolute Gasteiger partial charge is 0.484 e. The molecule has 2 rings (SSSR count). The number of rotatable bonds is 6.